The normalized spacial score (nSPS) is 13.4. The molecule has 94 valence electrons. The van der Waals surface area contributed by atoms with Gasteiger partial charge in [-0.2, -0.15) is 0 Å². The van der Waals surface area contributed by atoms with Gasteiger partial charge < -0.3 is 4.90 Å². The molecule has 0 heterocycles. The minimum atomic E-state index is 0.467. The smallest absolute Gasteiger partial charge is 0.00192 e. The summed E-state index contributed by atoms with van der Waals surface area (Å²) in [5, 5.41) is 0. The van der Waals surface area contributed by atoms with Crippen molar-refractivity contribution in [2.45, 2.75) is 61.3 Å². The predicted molar refractivity (Wildman–Crippen MR) is 72.4 cm³/mol. The van der Waals surface area contributed by atoms with E-state index in [1.54, 1.807) is 0 Å². The molecule has 1 heteroatoms. The first kappa shape index (κ1) is 17.4. The van der Waals surface area contributed by atoms with Crippen LogP contribution >= 0.6 is 0 Å². The quantitative estimate of drug-likeness (QED) is 0.671. The lowest BCUT2D eigenvalue weighted by molar-refractivity contribution is 0.215. The van der Waals surface area contributed by atoms with Crippen LogP contribution in [0.5, 0.6) is 0 Å². The monoisotopic (exact) mass is 215 g/mol. The molecule has 0 N–H and O–H groups in total. The molecule has 1 unspecified atom stereocenters. The van der Waals surface area contributed by atoms with Crippen LogP contribution in [0.1, 0.15) is 61.3 Å². The molecule has 0 aliphatic rings. The molecule has 0 radical (unpaired) electrons. The van der Waals surface area contributed by atoms with E-state index in [9.17, 15) is 0 Å². The molecular formula is C14H33N. The third-order valence-corrected chi connectivity index (χ3v) is 2.96. The minimum absolute atomic E-state index is 0.467. The summed E-state index contributed by atoms with van der Waals surface area (Å²) in [5.74, 6) is 0.812. The molecule has 1 atom stereocenters. The first-order chi connectivity index (χ1) is 6.79. The van der Waals surface area contributed by atoms with Crippen molar-refractivity contribution >= 4 is 0 Å². The molecule has 0 fully saturated rings. The van der Waals surface area contributed by atoms with Gasteiger partial charge in [-0.25, -0.2) is 0 Å². The highest BCUT2D eigenvalue weighted by Crippen LogP contribution is 2.27. The molecule has 0 amide bonds. The van der Waals surface area contributed by atoms with Gasteiger partial charge in [-0.3, -0.25) is 0 Å². The number of rotatable bonds is 4. The molecule has 0 saturated heterocycles. The van der Waals surface area contributed by atoms with E-state index in [1.165, 1.54) is 19.4 Å². The lowest BCUT2D eigenvalue weighted by Gasteiger charge is -2.28. The van der Waals surface area contributed by atoms with Crippen molar-refractivity contribution in [3.05, 3.63) is 0 Å². The largest absolute Gasteiger partial charge is 0.307 e. The molecule has 15 heavy (non-hydrogen) atoms. The average molecular weight is 215 g/mol. The Bertz CT molecular complexity index is 124. The summed E-state index contributed by atoms with van der Waals surface area (Å²) >= 11 is 0. The van der Waals surface area contributed by atoms with E-state index in [2.05, 4.69) is 60.4 Å². The van der Waals surface area contributed by atoms with Gasteiger partial charge in [0.05, 0.1) is 0 Å². The highest BCUT2D eigenvalue weighted by atomic mass is 15.1. The first-order valence-electron chi connectivity index (χ1n) is 6.48. The van der Waals surface area contributed by atoms with Gasteiger partial charge in [0, 0.05) is 0 Å². The third-order valence-electron chi connectivity index (χ3n) is 2.96. The number of hydrogen-bond acceptors (Lipinski definition) is 1. The van der Waals surface area contributed by atoms with E-state index in [0.717, 1.165) is 12.5 Å². The molecule has 0 saturated carbocycles. The highest BCUT2D eigenvalue weighted by Gasteiger charge is 2.19. The maximum Gasteiger partial charge on any atom is -0.00192 e. The van der Waals surface area contributed by atoms with Crippen LogP contribution in [-0.2, 0) is 0 Å². The van der Waals surface area contributed by atoms with Crippen molar-refractivity contribution in [1.29, 1.82) is 0 Å². The molecule has 0 aromatic carbocycles. The Morgan fingerprint density at radius 2 is 1.47 bits per heavy atom. The molecule has 0 rings (SSSR count). The van der Waals surface area contributed by atoms with E-state index in [1.807, 2.05) is 0 Å². The number of nitrogens with zero attached hydrogens (tertiary/aromatic N) is 1. The Morgan fingerprint density at radius 3 is 1.73 bits per heavy atom. The average Bonchev–Trinajstić information content (AvgIpc) is 2.13. The Labute approximate surface area is 98.2 Å². The van der Waals surface area contributed by atoms with Gasteiger partial charge >= 0.3 is 0 Å². The lowest BCUT2D eigenvalue weighted by atomic mass is 9.80. The van der Waals surface area contributed by atoms with Crippen LogP contribution in [0.2, 0.25) is 0 Å². The predicted octanol–water partition coefficient (Wildman–Crippen LogP) is 4.43. The van der Waals surface area contributed by atoms with Crippen LogP contribution in [-0.4, -0.2) is 25.0 Å². The summed E-state index contributed by atoms with van der Waals surface area (Å²) in [6, 6.07) is 0. The van der Waals surface area contributed by atoms with Crippen LogP contribution in [0.25, 0.3) is 0 Å². The second kappa shape index (κ2) is 9.21. The van der Waals surface area contributed by atoms with Crippen LogP contribution < -0.4 is 0 Å². The molecular weight excluding hydrogens is 182 g/mol. The van der Waals surface area contributed by atoms with Crippen LogP contribution in [0.3, 0.4) is 0 Å². The fourth-order valence-electron chi connectivity index (χ4n) is 1.01. The van der Waals surface area contributed by atoms with Crippen molar-refractivity contribution in [3.63, 3.8) is 0 Å². The van der Waals surface area contributed by atoms with E-state index in [-0.39, 0.29) is 0 Å². The SMILES string of the molecule is CCC.CCN(C)CCC(C)C(C)(C)C. The van der Waals surface area contributed by atoms with Crippen LogP contribution in [0.4, 0.5) is 0 Å². The molecule has 0 spiro atoms. The maximum absolute atomic E-state index is 2.38. The standard InChI is InChI=1S/C11H25N.C3H8/c1-7-12(6)9-8-10(2)11(3,4)5;1-3-2/h10H,7-9H2,1-6H3;3H2,1-2H3. The van der Waals surface area contributed by atoms with E-state index in [0.29, 0.717) is 5.41 Å². The van der Waals surface area contributed by atoms with Crippen molar-refractivity contribution < 1.29 is 0 Å². The zero-order chi connectivity index (χ0) is 12.5. The van der Waals surface area contributed by atoms with Gasteiger partial charge in [-0.05, 0) is 37.9 Å². The molecule has 1 nitrogen and oxygen atoms in total. The first-order valence-corrected chi connectivity index (χ1v) is 6.48. The van der Waals surface area contributed by atoms with Gasteiger partial charge in [0.1, 0.15) is 0 Å². The highest BCUT2D eigenvalue weighted by molar-refractivity contribution is 4.70. The summed E-state index contributed by atoms with van der Waals surface area (Å²) in [5.41, 5.74) is 0.467. The molecule has 0 aliphatic carbocycles. The van der Waals surface area contributed by atoms with Gasteiger partial charge in [0.2, 0.25) is 0 Å². The fraction of sp³-hybridized carbons (Fsp3) is 1.00. The zero-order valence-electron chi connectivity index (χ0n) is 12.4. The summed E-state index contributed by atoms with van der Waals surface area (Å²) in [6.45, 7) is 18.2. The summed E-state index contributed by atoms with van der Waals surface area (Å²) < 4.78 is 0. The second-order valence-electron chi connectivity index (χ2n) is 5.66. The molecule has 0 aromatic heterocycles. The molecule has 0 aromatic rings. The van der Waals surface area contributed by atoms with Gasteiger partial charge in [-0.15, -0.1) is 0 Å². The Hall–Kier alpha value is -0.0400. The van der Waals surface area contributed by atoms with E-state index >= 15 is 0 Å². The summed E-state index contributed by atoms with van der Waals surface area (Å²) in [6.07, 6.45) is 2.56. The Kier molecular flexibility index (Phi) is 10.7. The minimum Gasteiger partial charge on any atom is -0.307 e. The summed E-state index contributed by atoms with van der Waals surface area (Å²) in [4.78, 5) is 2.38. The maximum atomic E-state index is 2.38. The topological polar surface area (TPSA) is 3.24 Å². The van der Waals surface area contributed by atoms with Gasteiger partial charge in [-0.1, -0.05) is 54.9 Å². The van der Waals surface area contributed by atoms with Crippen LogP contribution in [0, 0.1) is 11.3 Å². The van der Waals surface area contributed by atoms with Crippen molar-refractivity contribution in [3.8, 4) is 0 Å². The van der Waals surface area contributed by atoms with Gasteiger partial charge in [0.25, 0.3) is 0 Å². The number of hydrogen-bond donors (Lipinski definition) is 0. The van der Waals surface area contributed by atoms with Gasteiger partial charge in [0.15, 0.2) is 0 Å². The van der Waals surface area contributed by atoms with E-state index < -0.39 is 0 Å². The van der Waals surface area contributed by atoms with Crippen molar-refractivity contribution in [1.82, 2.24) is 4.90 Å². The summed E-state index contributed by atoms with van der Waals surface area (Å²) in [7, 11) is 2.19. The fourth-order valence-corrected chi connectivity index (χ4v) is 1.01. The lowest BCUT2D eigenvalue weighted by Crippen LogP contribution is -2.25. The Morgan fingerprint density at radius 1 is 1.07 bits per heavy atom. The van der Waals surface area contributed by atoms with Crippen molar-refractivity contribution in [2.24, 2.45) is 11.3 Å². The Balaban J connectivity index is 0. The third kappa shape index (κ3) is 11.9. The molecule has 0 aliphatic heterocycles. The molecule has 0 bridgehead atoms. The zero-order valence-corrected chi connectivity index (χ0v) is 12.4. The van der Waals surface area contributed by atoms with Crippen LogP contribution in [0.15, 0.2) is 0 Å². The second-order valence-corrected chi connectivity index (χ2v) is 5.66. The van der Waals surface area contributed by atoms with E-state index in [4.69, 9.17) is 0 Å². The van der Waals surface area contributed by atoms with Crippen molar-refractivity contribution in [2.75, 3.05) is 20.1 Å².